The van der Waals surface area contributed by atoms with Gasteiger partial charge >= 0.3 is 0 Å². The maximum absolute atomic E-state index is 13.3. The van der Waals surface area contributed by atoms with Crippen molar-refractivity contribution in [1.29, 1.82) is 0 Å². The number of halogens is 1. The monoisotopic (exact) mass is 243 g/mol. The van der Waals surface area contributed by atoms with Crippen molar-refractivity contribution in [3.63, 3.8) is 0 Å². The van der Waals surface area contributed by atoms with Crippen LogP contribution in [-0.4, -0.2) is 23.7 Å². The fourth-order valence-electron chi connectivity index (χ4n) is 1.18. The van der Waals surface area contributed by atoms with Crippen LogP contribution in [0, 0.1) is 5.82 Å². The minimum atomic E-state index is -0.577. The molecule has 5 heteroatoms. The summed E-state index contributed by atoms with van der Waals surface area (Å²) in [5, 5.41) is 11.5. The first-order valence-corrected chi connectivity index (χ1v) is 5.40. The van der Waals surface area contributed by atoms with Gasteiger partial charge in [0.1, 0.15) is 5.82 Å². The van der Waals surface area contributed by atoms with Crippen molar-refractivity contribution >= 4 is 18.5 Å². The number of nitrogens with one attached hydrogen (secondary N) is 1. The van der Waals surface area contributed by atoms with E-state index in [1.807, 2.05) is 0 Å². The number of rotatable bonds is 4. The molecule has 0 radical (unpaired) electrons. The molecule has 16 heavy (non-hydrogen) atoms. The van der Waals surface area contributed by atoms with E-state index in [4.69, 9.17) is 5.11 Å². The van der Waals surface area contributed by atoms with E-state index in [-0.39, 0.29) is 5.56 Å². The largest absolute Gasteiger partial charge is 0.393 e. The lowest BCUT2D eigenvalue weighted by atomic mass is 10.2. The van der Waals surface area contributed by atoms with E-state index in [0.717, 1.165) is 0 Å². The number of aliphatic hydroxyl groups excluding tert-OH is 1. The van der Waals surface area contributed by atoms with Gasteiger partial charge in [-0.1, -0.05) is 0 Å². The molecule has 0 saturated carbocycles. The van der Waals surface area contributed by atoms with Gasteiger partial charge < -0.3 is 10.4 Å². The van der Waals surface area contributed by atoms with Crippen molar-refractivity contribution in [3.8, 4) is 0 Å². The Balaban J connectivity index is 2.62. The smallest absolute Gasteiger partial charge is 0.254 e. The summed E-state index contributed by atoms with van der Waals surface area (Å²) in [6.45, 7) is 1.94. The first-order valence-electron chi connectivity index (χ1n) is 4.95. The molecule has 0 heterocycles. The fourth-order valence-corrected chi connectivity index (χ4v) is 1.38. The highest BCUT2D eigenvalue weighted by atomic mass is 32.1. The van der Waals surface area contributed by atoms with Gasteiger partial charge in [0.2, 0.25) is 0 Å². The average Bonchev–Trinajstić information content (AvgIpc) is 2.21. The van der Waals surface area contributed by atoms with Crippen LogP contribution in [-0.2, 0) is 0 Å². The van der Waals surface area contributed by atoms with E-state index in [1.54, 1.807) is 6.92 Å². The second kappa shape index (κ2) is 5.86. The van der Waals surface area contributed by atoms with Gasteiger partial charge in [0.15, 0.2) is 0 Å². The molecule has 0 saturated heterocycles. The molecule has 1 rings (SSSR count). The average molecular weight is 243 g/mol. The highest BCUT2D eigenvalue weighted by Gasteiger charge is 2.11. The van der Waals surface area contributed by atoms with E-state index in [2.05, 4.69) is 17.9 Å². The van der Waals surface area contributed by atoms with Gasteiger partial charge in [0, 0.05) is 11.4 Å². The molecule has 1 aromatic rings. The van der Waals surface area contributed by atoms with Crippen LogP contribution in [0.4, 0.5) is 4.39 Å². The third-order valence-corrected chi connectivity index (χ3v) is 2.32. The molecule has 0 aliphatic heterocycles. The topological polar surface area (TPSA) is 49.3 Å². The zero-order valence-corrected chi connectivity index (χ0v) is 9.80. The molecule has 0 aliphatic rings. The lowest BCUT2D eigenvalue weighted by molar-refractivity contribution is 0.0941. The third kappa shape index (κ3) is 3.83. The third-order valence-electron chi connectivity index (χ3n) is 2.04. The molecular weight excluding hydrogens is 229 g/mol. The van der Waals surface area contributed by atoms with Crippen molar-refractivity contribution < 1.29 is 14.3 Å². The molecule has 1 atom stereocenters. The van der Waals surface area contributed by atoms with Crippen LogP contribution >= 0.6 is 12.6 Å². The molecule has 0 aromatic heterocycles. The standard InChI is InChI=1S/C11H14FNO2S/c1-7(14)4-5-13-11(15)9-6-8(16)2-3-10(9)12/h2-3,6-7,14,16H,4-5H2,1H3,(H,13,15). The number of benzene rings is 1. The van der Waals surface area contributed by atoms with E-state index >= 15 is 0 Å². The van der Waals surface area contributed by atoms with Crippen molar-refractivity contribution in [3.05, 3.63) is 29.6 Å². The molecule has 0 spiro atoms. The summed E-state index contributed by atoms with van der Waals surface area (Å²) < 4.78 is 13.3. The van der Waals surface area contributed by atoms with Crippen LogP contribution in [0.15, 0.2) is 23.1 Å². The molecule has 0 aliphatic carbocycles. The number of hydrogen-bond acceptors (Lipinski definition) is 3. The summed E-state index contributed by atoms with van der Waals surface area (Å²) in [5.41, 5.74) is -0.0295. The van der Waals surface area contributed by atoms with Crippen LogP contribution in [0.3, 0.4) is 0 Å². The Kier molecular flexibility index (Phi) is 4.76. The van der Waals surface area contributed by atoms with Gasteiger partial charge in [-0.05, 0) is 31.5 Å². The molecule has 1 amide bonds. The van der Waals surface area contributed by atoms with Crippen LogP contribution in [0.5, 0.6) is 0 Å². The van der Waals surface area contributed by atoms with Crippen molar-refractivity contribution in [2.24, 2.45) is 0 Å². The molecule has 3 nitrogen and oxygen atoms in total. The summed E-state index contributed by atoms with van der Waals surface area (Å²) in [4.78, 5) is 12.1. The SMILES string of the molecule is CC(O)CCNC(=O)c1cc(S)ccc1F. The minimum Gasteiger partial charge on any atom is -0.393 e. The highest BCUT2D eigenvalue weighted by molar-refractivity contribution is 7.80. The predicted molar refractivity (Wildman–Crippen MR) is 62.3 cm³/mol. The summed E-state index contributed by atoms with van der Waals surface area (Å²) in [6, 6.07) is 4.05. The number of carbonyl (C=O) groups is 1. The Morgan fingerprint density at radius 1 is 1.62 bits per heavy atom. The van der Waals surface area contributed by atoms with Gasteiger partial charge in [-0.3, -0.25) is 4.79 Å². The first-order chi connectivity index (χ1) is 7.50. The lowest BCUT2D eigenvalue weighted by Crippen LogP contribution is -2.27. The number of thiol groups is 1. The van der Waals surface area contributed by atoms with E-state index in [0.29, 0.717) is 17.9 Å². The van der Waals surface area contributed by atoms with Gasteiger partial charge in [0.05, 0.1) is 11.7 Å². The Morgan fingerprint density at radius 3 is 2.94 bits per heavy atom. The Morgan fingerprint density at radius 2 is 2.31 bits per heavy atom. The molecule has 0 fully saturated rings. The highest BCUT2D eigenvalue weighted by Crippen LogP contribution is 2.13. The number of hydrogen-bond donors (Lipinski definition) is 3. The van der Waals surface area contributed by atoms with E-state index in [1.165, 1.54) is 18.2 Å². The molecule has 1 aromatic carbocycles. The van der Waals surface area contributed by atoms with Crippen LogP contribution in [0.1, 0.15) is 23.7 Å². The maximum atomic E-state index is 13.3. The Bertz CT molecular complexity index is 382. The second-order valence-corrected chi connectivity index (χ2v) is 4.07. The lowest BCUT2D eigenvalue weighted by Gasteiger charge is -2.07. The van der Waals surface area contributed by atoms with Gasteiger partial charge in [0.25, 0.3) is 5.91 Å². The summed E-state index contributed by atoms with van der Waals surface area (Å²) in [5.74, 6) is -1.07. The Labute approximate surface area is 99.1 Å². The fraction of sp³-hybridized carbons (Fsp3) is 0.364. The van der Waals surface area contributed by atoms with Gasteiger partial charge in [-0.15, -0.1) is 12.6 Å². The molecule has 2 N–H and O–H groups in total. The number of aliphatic hydroxyl groups is 1. The summed E-state index contributed by atoms with van der Waals surface area (Å²) >= 11 is 4.03. The Hall–Kier alpha value is -1.07. The van der Waals surface area contributed by atoms with Crippen LogP contribution < -0.4 is 5.32 Å². The van der Waals surface area contributed by atoms with Crippen molar-refractivity contribution in [2.75, 3.05) is 6.54 Å². The zero-order chi connectivity index (χ0) is 12.1. The predicted octanol–water partition coefficient (Wildman–Crippen LogP) is 1.62. The summed E-state index contributed by atoms with van der Waals surface area (Å²) in [6.07, 6.45) is -0.0464. The molecule has 88 valence electrons. The van der Waals surface area contributed by atoms with Crippen LogP contribution in [0.2, 0.25) is 0 Å². The van der Waals surface area contributed by atoms with E-state index < -0.39 is 17.8 Å². The molecule has 1 unspecified atom stereocenters. The summed E-state index contributed by atoms with van der Waals surface area (Å²) in [7, 11) is 0. The second-order valence-electron chi connectivity index (χ2n) is 3.56. The quantitative estimate of drug-likeness (QED) is 0.704. The van der Waals surface area contributed by atoms with Crippen molar-refractivity contribution in [1.82, 2.24) is 5.32 Å². The van der Waals surface area contributed by atoms with Gasteiger partial charge in [-0.2, -0.15) is 0 Å². The first kappa shape index (κ1) is 13.0. The molecule has 0 bridgehead atoms. The zero-order valence-electron chi connectivity index (χ0n) is 8.90. The van der Waals surface area contributed by atoms with Crippen LogP contribution in [0.25, 0.3) is 0 Å². The maximum Gasteiger partial charge on any atom is 0.254 e. The normalized spacial score (nSPS) is 12.2. The number of amides is 1. The molecular formula is C11H14FNO2S. The van der Waals surface area contributed by atoms with E-state index in [9.17, 15) is 9.18 Å². The van der Waals surface area contributed by atoms with Crippen molar-refractivity contribution in [2.45, 2.75) is 24.3 Å². The number of carbonyl (C=O) groups excluding carboxylic acids is 1. The minimum absolute atomic E-state index is 0.0295. The van der Waals surface area contributed by atoms with Gasteiger partial charge in [-0.25, -0.2) is 4.39 Å².